The Balaban J connectivity index is 2.33. The summed E-state index contributed by atoms with van der Waals surface area (Å²) in [6, 6.07) is 14.2. The summed E-state index contributed by atoms with van der Waals surface area (Å²) < 4.78 is 30.4. The molecule has 2 aromatic rings. The average Bonchev–Trinajstić information content (AvgIpc) is 2.59. The van der Waals surface area contributed by atoms with E-state index in [1.54, 1.807) is 36.4 Å². The van der Waals surface area contributed by atoms with Crippen molar-refractivity contribution in [2.24, 2.45) is 0 Å². The quantitative estimate of drug-likeness (QED) is 0.571. The Bertz CT molecular complexity index is 893. The Morgan fingerprint density at radius 1 is 1.17 bits per heavy atom. The Kier molecular flexibility index (Phi) is 5.80. The number of nitriles is 1. The fraction of sp³-hybridized carbons (Fsp3) is 0.0556. The zero-order valence-electron chi connectivity index (χ0n) is 12.6. The molecule has 2 aromatic carbocycles. The van der Waals surface area contributed by atoms with Gasteiger partial charge >= 0.3 is 0 Å². The largest absolute Gasteiger partial charge is 0.490 e. The van der Waals surface area contributed by atoms with Crippen LogP contribution < -0.4 is 4.74 Å². The van der Waals surface area contributed by atoms with E-state index in [-0.39, 0.29) is 9.80 Å². The maximum atomic E-state index is 12.5. The fourth-order valence-corrected chi connectivity index (χ4v) is 3.16. The van der Waals surface area contributed by atoms with E-state index in [1.165, 1.54) is 30.3 Å². The minimum Gasteiger partial charge on any atom is -0.490 e. The first-order valence-corrected chi connectivity index (χ1v) is 8.79. The molecule has 0 atom stereocenters. The number of rotatable bonds is 6. The third-order valence-electron chi connectivity index (χ3n) is 3.07. The van der Waals surface area contributed by atoms with Gasteiger partial charge in [0.1, 0.15) is 23.3 Å². The van der Waals surface area contributed by atoms with Crippen molar-refractivity contribution in [3.8, 4) is 11.8 Å². The van der Waals surface area contributed by atoms with Crippen LogP contribution >= 0.6 is 11.6 Å². The monoisotopic (exact) mass is 359 g/mol. The molecule has 0 aliphatic heterocycles. The van der Waals surface area contributed by atoms with Crippen LogP contribution in [0.15, 0.2) is 71.0 Å². The van der Waals surface area contributed by atoms with Gasteiger partial charge in [0.2, 0.25) is 9.84 Å². The summed E-state index contributed by atoms with van der Waals surface area (Å²) in [5.41, 5.74) is 0.579. The third-order valence-corrected chi connectivity index (χ3v) is 5.00. The summed E-state index contributed by atoms with van der Waals surface area (Å²) in [6.45, 7) is 3.94. The van der Waals surface area contributed by atoms with E-state index in [0.717, 1.165) is 0 Å². The molecule has 0 aliphatic rings. The van der Waals surface area contributed by atoms with Crippen molar-refractivity contribution in [3.05, 3.63) is 76.7 Å². The number of hydrogen-bond acceptors (Lipinski definition) is 4. The molecule has 122 valence electrons. The second-order valence-corrected chi connectivity index (χ2v) is 7.10. The summed E-state index contributed by atoms with van der Waals surface area (Å²) >= 11 is 5.76. The summed E-state index contributed by atoms with van der Waals surface area (Å²) in [7, 11) is -3.89. The fourth-order valence-electron chi connectivity index (χ4n) is 1.88. The van der Waals surface area contributed by atoms with E-state index in [9.17, 15) is 13.7 Å². The Morgan fingerprint density at radius 2 is 1.79 bits per heavy atom. The van der Waals surface area contributed by atoms with Crippen molar-refractivity contribution in [3.63, 3.8) is 0 Å². The number of benzene rings is 2. The normalized spacial score (nSPS) is 11.6. The number of hydrogen-bond donors (Lipinski definition) is 0. The van der Waals surface area contributed by atoms with Gasteiger partial charge in [0.05, 0.1) is 4.90 Å². The SMILES string of the molecule is C=CCOc1ccc(/C=C(\C#N)S(=O)(=O)c2ccc(Cl)cc2)cc1. The van der Waals surface area contributed by atoms with Crippen molar-refractivity contribution < 1.29 is 13.2 Å². The van der Waals surface area contributed by atoms with Crippen molar-refractivity contribution in [1.82, 2.24) is 0 Å². The lowest BCUT2D eigenvalue weighted by molar-refractivity contribution is 0.363. The zero-order chi connectivity index (χ0) is 17.6. The van der Waals surface area contributed by atoms with Crippen LogP contribution in [0.1, 0.15) is 5.56 Å². The molecule has 0 aromatic heterocycles. The molecule has 0 radical (unpaired) electrons. The van der Waals surface area contributed by atoms with Crippen LogP contribution in [0.25, 0.3) is 6.08 Å². The number of sulfone groups is 1. The maximum absolute atomic E-state index is 12.5. The van der Waals surface area contributed by atoms with Gasteiger partial charge in [-0.1, -0.05) is 36.4 Å². The molecule has 0 fully saturated rings. The summed E-state index contributed by atoms with van der Waals surface area (Å²) in [6.07, 6.45) is 2.95. The Morgan fingerprint density at radius 3 is 2.33 bits per heavy atom. The van der Waals surface area contributed by atoms with Crippen molar-refractivity contribution in [2.45, 2.75) is 4.90 Å². The highest BCUT2D eigenvalue weighted by molar-refractivity contribution is 7.95. The van der Waals surface area contributed by atoms with Gasteiger partial charge in [0.15, 0.2) is 0 Å². The second-order valence-electron chi connectivity index (χ2n) is 4.75. The van der Waals surface area contributed by atoms with Gasteiger partial charge in [-0.25, -0.2) is 8.42 Å². The van der Waals surface area contributed by atoms with Gasteiger partial charge in [-0.2, -0.15) is 5.26 Å². The number of allylic oxidation sites excluding steroid dienone is 1. The molecule has 0 spiro atoms. The van der Waals surface area contributed by atoms with Gasteiger partial charge in [-0.05, 0) is 48.0 Å². The summed E-state index contributed by atoms with van der Waals surface area (Å²) in [5, 5.41) is 9.67. The van der Waals surface area contributed by atoms with Crippen LogP contribution in [0.5, 0.6) is 5.75 Å². The van der Waals surface area contributed by atoms with Gasteiger partial charge in [-0.3, -0.25) is 0 Å². The van der Waals surface area contributed by atoms with Gasteiger partial charge in [0, 0.05) is 5.02 Å². The minimum atomic E-state index is -3.89. The van der Waals surface area contributed by atoms with E-state index in [0.29, 0.717) is 22.9 Å². The first-order chi connectivity index (χ1) is 11.5. The van der Waals surface area contributed by atoms with E-state index in [4.69, 9.17) is 16.3 Å². The molecule has 0 aliphatic carbocycles. The minimum absolute atomic E-state index is 0.0191. The first-order valence-electron chi connectivity index (χ1n) is 6.93. The van der Waals surface area contributed by atoms with Crippen LogP contribution in [0.3, 0.4) is 0 Å². The topological polar surface area (TPSA) is 67.2 Å². The lowest BCUT2D eigenvalue weighted by Crippen LogP contribution is -2.03. The van der Waals surface area contributed by atoms with Gasteiger partial charge < -0.3 is 4.74 Å². The van der Waals surface area contributed by atoms with E-state index in [2.05, 4.69) is 6.58 Å². The van der Waals surface area contributed by atoms with Crippen molar-refractivity contribution in [1.29, 1.82) is 5.26 Å². The molecule has 24 heavy (non-hydrogen) atoms. The lowest BCUT2D eigenvalue weighted by Gasteiger charge is -2.05. The zero-order valence-corrected chi connectivity index (χ0v) is 14.2. The van der Waals surface area contributed by atoms with Crippen LogP contribution in [-0.2, 0) is 9.84 Å². The first kappa shape index (κ1) is 17.8. The molecule has 4 nitrogen and oxygen atoms in total. The van der Waals surface area contributed by atoms with Gasteiger partial charge in [-0.15, -0.1) is 0 Å². The highest BCUT2D eigenvalue weighted by Crippen LogP contribution is 2.23. The number of ether oxygens (including phenoxy) is 1. The molecule has 0 amide bonds. The van der Waals surface area contributed by atoms with Crippen molar-refractivity contribution in [2.75, 3.05) is 6.61 Å². The van der Waals surface area contributed by atoms with Crippen LogP contribution in [-0.4, -0.2) is 15.0 Å². The third kappa shape index (κ3) is 4.25. The predicted octanol–water partition coefficient (Wildman–Crippen LogP) is 4.24. The molecular weight excluding hydrogens is 346 g/mol. The second kappa shape index (κ2) is 7.82. The number of nitrogens with zero attached hydrogens (tertiary/aromatic N) is 1. The van der Waals surface area contributed by atoms with E-state index in [1.807, 2.05) is 0 Å². The molecule has 0 bridgehead atoms. The molecule has 2 rings (SSSR count). The van der Waals surface area contributed by atoms with Crippen molar-refractivity contribution >= 4 is 27.5 Å². The molecule has 0 unspecified atom stereocenters. The highest BCUT2D eigenvalue weighted by atomic mass is 35.5. The number of halogens is 1. The van der Waals surface area contributed by atoms with Gasteiger partial charge in [0.25, 0.3) is 0 Å². The van der Waals surface area contributed by atoms with Crippen LogP contribution in [0.4, 0.5) is 0 Å². The smallest absolute Gasteiger partial charge is 0.216 e. The lowest BCUT2D eigenvalue weighted by atomic mass is 10.2. The average molecular weight is 360 g/mol. The predicted molar refractivity (Wildman–Crippen MR) is 94.4 cm³/mol. The molecule has 0 saturated heterocycles. The maximum Gasteiger partial charge on any atom is 0.216 e. The molecule has 0 N–H and O–H groups in total. The molecule has 6 heteroatoms. The molecule has 0 heterocycles. The summed E-state index contributed by atoms with van der Waals surface area (Å²) in [4.78, 5) is -0.324. The standard InChI is InChI=1S/C18H14ClNO3S/c1-2-11-23-16-7-3-14(4-8-16)12-18(13-20)24(21,22)17-9-5-15(19)6-10-17/h2-10,12H,1,11H2/b18-12+. The highest BCUT2D eigenvalue weighted by Gasteiger charge is 2.20. The molecular formula is C18H14ClNO3S. The Hall–Kier alpha value is -2.55. The van der Waals surface area contributed by atoms with Crippen LogP contribution in [0.2, 0.25) is 5.02 Å². The van der Waals surface area contributed by atoms with E-state index < -0.39 is 9.84 Å². The van der Waals surface area contributed by atoms with E-state index >= 15 is 0 Å². The molecule has 0 saturated carbocycles. The summed E-state index contributed by atoms with van der Waals surface area (Å²) in [5.74, 6) is 0.631. The van der Waals surface area contributed by atoms with Crippen LogP contribution in [0, 0.1) is 11.3 Å². The Labute approximate surface area is 146 Å².